The number of hydrogen-bond donors (Lipinski definition) is 1. The van der Waals surface area contributed by atoms with Gasteiger partial charge in [0.1, 0.15) is 18.4 Å². The molecule has 1 atom stereocenters. The molecule has 1 amide bonds. The molecule has 1 aromatic heterocycles. The van der Waals surface area contributed by atoms with Gasteiger partial charge in [-0.3, -0.25) is 4.79 Å². The number of nitrogens with one attached hydrogen (secondary N) is 1. The van der Waals surface area contributed by atoms with Crippen LogP contribution in [0.2, 0.25) is 0 Å². The lowest BCUT2D eigenvalue weighted by Crippen LogP contribution is -2.42. The van der Waals surface area contributed by atoms with E-state index in [0.717, 1.165) is 5.56 Å². The van der Waals surface area contributed by atoms with Crippen LogP contribution in [-0.4, -0.2) is 17.9 Å². The number of carbonyl (C=O) groups is 2. The van der Waals surface area contributed by atoms with Crippen molar-refractivity contribution < 1.29 is 18.7 Å². The van der Waals surface area contributed by atoms with Crippen molar-refractivity contribution >= 4 is 18.0 Å². The second-order valence-electron chi connectivity index (χ2n) is 6.13. The fraction of sp³-hybridized carbons (Fsp3) is 0.300. The van der Waals surface area contributed by atoms with Crippen LogP contribution in [0.25, 0.3) is 6.08 Å². The van der Waals surface area contributed by atoms with Crippen molar-refractivity contribution in [2.24, 2.45) is 5.92 Å². The zero-order chi connectivity index (χ0) is 18.1. The summed E-state index contributed by atoms with van der Waals surface area (Å²) >= 11 is 0. The van der Waals surface area contributed by atoms with E-state index in [1.165, 1.54) is 12.3 Å². The van der Waals surface area contributed by atoms with Gasteiger partial charge in [-0.1, -0.05) is 44.2 Å². The van der Waals surface area contributed by atoms with Gasteiger partial charge >= 0.3 is 5.97 Å². The fourth-order valence-electron chi connectivity index (χ4n) is 2.28. The molecule has 25 heavy (non-hydrogen) atoms. The SMILES string of the molecule is CC(C)C[C@H](NC(=O)/C=C/c1ccco1)C(=O)OCc1ccccc1. The van der Waals surface area contributed by atoms with Gasteiger partial charge in [-0.15, -0.1) is 0 Å². The molecule has 5 nitrogen and oxygen atoms in total. The third kappa shape index (κ3) is 6.67. The van der Waals surface area contributed by atoms with Crippen LogP contribution in [0.3, 0.4) is 0 Å². The highest BCUT2D eigenvalue weighted by Crippen LogP contribution is 2.09. The van der Waals surface area contributed by atoms with E-state index in [2.05, 4.69) is 5.32 Å². The number of furan rings is 1. The van der Waals surface area contributed by atoms with Crippen LogP contribution in [-0.2, 0) is 20.9 Å². The van der Waals surface area contributed by atoms with E-state index in [4.69, 9.17) is 9.15 Å². The number of hydrogen-bond acceptors (Lipinski definition) is 4. The van der Waals surface area contributed by atoms with Gasteiger partial charge in [0.2, 0.25) is 5.91 Å². The van der Waals surface area contributed by atoms with Crippen molar-refractivity contribution in [3.8, 4) is 0 Å². The zero-order valence-electron chi connectivity index (χ0n) is 14.5. The van der Waals surface area contributed by atoms with Gasteiger partial charge in [0.25, 0.3) is 0 Å². The summed E-state index contributed by atoms with van der Waals surface area (Å²) in [5.74, 6) is 0.0156. The molecule has 1 N–H and O–H groups in total. The minimum absolute atomic E-state index is 0.187. The molecule has 0 aliphatic carbocycles. The Hall–Kier alpha value is -2.82. The normalized spacial score (nSPS) is 12.3. The molecule has 0 spiro atoms. The highest BCUT2D eigenvalue weighted by Gasteiger charge is 2.22. The maximum atomic E-state index is 12.3. The Morgan fingerprint density at radius 2 is 1.92 bits per heavy atom. The number of rotatable bonds is 8. The van der Waals surface area contributed by atoms with E-state index >= 15 is 0 Å². The molecule has 0 fully saturated rings. The van der Waals surface area contributed by atoms with E-state index in [0.29, 0.717) is 12.2 Å². The summed E-state index contributed by atoms with van der Waals surface area (Å²) in [5.41, 5.74) is 0.906. The topological polar surface area (TPSA) is 68.5 Å². The molecule has 0 saturated carbocycles. The van der Waals surface area contributed by atoms with Gasteiger partial charge in [0.15, 0.2) is 0 Å². The molecule has 1 heterocycles. The number of esters is 1. The summed E-state index contributed by atoms with van der Waals surface area (Å²) in [6.45, 7) is 4.16. The van der Waals surface area contributed by atoms with Crippen molar-refractivity contribution in [3.63, 3.8) is 0 Å². The molecule has 0 aliphatic rings. The molecular formula is C20H23NO4. The molecule has 0 bridgehead atoms. The number of ether oxygens (including phenoxy) is 1. The molecule has 1 aromatic carbocycles. The molecule has 0 aliphatic heterocycles. The lowest BCUT2D eigenvalue weighted by molar-refractivity contribution is -0.149. The molecule has 132 valence electrons. The van der Waals surface area contributed by atoms with E-state index in [1.807, 2.05) is 44.2 Å². The standard InChI is InChI=1S/C20H23NO4/c1-15(2)13-18(20(23)25-14-16-7-4-3-5-8-16)21-19(22)11-10-17-9-6-12-24-17/h3-12,15,18H,13-14H2,1-2H3,(H,21,22)/b11-10+/t18-/m0/s1. The number of carbonyl (C=O) groups excluding carboxylic acids is 2. The van der Waals surface area contributed by atoms with E-state index in [-0.39, 0.29) is 18.4 Å². The third-order valence-corrected chi connectivity index (χ3v) is 3.47. The first-order chi connectivity index (χ1) is 12.0. The maximum absolute atomic E-state index is 12.3. The summed E-state index contributed by atoms with van der Waals surface area (Å²) < 4.78 is 10.5. The van der Waals surface area contributed by atoms with E-state index in [9.17, 15) is 9.59 Å². The van der Waals surface area contributed by atoms with Crippen LogP contribution in [0.1, 0.15) is 31.6 Å². The van der Waals surface area contributed by atoms with Gasteiger partial charge < -0.3 is 14.5 Å². The molecule has 0 radical (unpaired) electrons. The zero-order valence-corrected chi connectivity index (χ0v) is 14.5. The quantitative estimate of drug-likeness (QED) is 0.589. The van der Waals surface area contributed by atoms with Gasteiger partial charge in [-0.05, 0) is 36.1 Å². The van der Waals surface area contributed by atoms with Crippen molar-refractivity contribution in [1.82, 2.24) is 5.32 Å². The van der Waals surface area contributed by atoms with Crippen LogP contribution < -0.4 is 5.32 Å². The van der Waals surface area contributed by atoms with Crippen LogP contribution in [0.4, 0.5) is 0 Å². The Balaban J connectivity index is 1.92. The summed E-state index contributed by atoms with van der Waals surface area (Å²) in [5, 5.41) is 2.70. The number of amides is 1. The summed E-state index contributed by atoms with van der Waals surface area (Å²) in [7, 11) is 0. The monoisotopic (exact) mass is 341 g/mol. The average Bonchev–Trinajstić information content (AvgIpc) is 3.11. The fourth-order valence-corrected chi connectivity index (χ4v) is 2.28. The smallest absolute Gasteiger partial charge is 0.328 e. The second-order valence-corrected chi connectivity index (χ2v) is 6.13. The highest BCUT2D eigenvalue weighted by atomic mass is 16.5. The molecule has 5 heteroatoms. The van der Waals surface area contributed by atoms with Crippen LogP contribution >= 0.6 is 0 Å². The molecule has 0 saturated heterocycles. The van der Waals surface area contributed by atoms with Crippen LogP contribution in [0.15, 0.2) is 59.2 Å². The van der Waals surface area contributed by atoms with Gasteiger partial charge in [-0.2, -0.15) is 0 Å². The van der Waals surface area contributed by atoms with Crippen molar-refractivity contribution in [2.75, 3.05) is 0 Å². The second kappa shape index (κ2) is 9.47. The van der Waals surface area contributed by atoms with Crippen molar-refractivity contribution in [1.29, 1.82) is 0 Å². The lowest BCUT2D eigenvalue weighted by atomic mass is 10.0. The molecule has 2 aromatic rings. The van der Waals surface area contributed by atoms with Crippen LogP contribution in [0.5, 0.6) is 0 Å². The summed E-state index contributed by atoms with van der Waals surface area (Å²) in [6.07, 6.45) is 4.93. The maximum Gasteiger partial charge on any atom is 0.328 e. The van der Waals surface area contributed by atoms with Crippen LogP contribution in [0, 0.1) is 5.92 Å². The largest absolute Gasteiger partial charge is 0.465 e. The first-order valence-corrected chi connectivity index (χ1v) is 8.27. The Bertz CT molecular complexity index is 690. The summed E-state index contributed by atoms with van der Waals surface area (Å²) in [6, 6.07) is 12.2. The first-order valence-electron chi connectivity index (χ1n) is 8.27. The van der Waals surface area contributed by atoms with Gasteiger partial charge in [0.05, 0.1) is 6.26 Å². The van der Waals surface area contributed by atoms with Crippen molar-refractivity contribution in [3.05, 3.63) is 66.1 Å². The van der Waals surface area contributed by atoms with Gasteiger partial charge in [0, 0.05) is 6.08 Å². The van der Waals surface area contributed by atoms with Gasteiger partial charge in [-0.25, -0.2) is 4.79 Å². The molecular weight excluding hydrogens is 318 g/mol. The Morgan fingerprint density at radius 3 is 2.56 bits per heavy atom. The average molecular weight is 341 g/mol. The molecule has 0 unspecified atom stereocenters. The Labute approximate surface area is 147 Å². The lowest BCUT2D eigenvalue weighted by Gasteiger charge is -2.18. The minimum Gasteiger partial charge on any atom is -0.465 e. The van der Waals surface area contributed by atoms with Crippen molar-refractivity contribution in [2.45, 2.75) is 32.9 Å². The predicted octanol–water partition coefficient (Wildman–Crippen LogP) is 3.57. The minimum atomic E-state index is -0.683. The van der Waals surface area contributed by atoms with E-state index < -0.39 is 12.0 Å². The Kier molecular flexibility index (Phi) is 7.01. The summed E-state index contributed by atoms with van der Waals surface area (Å²) in [4.78, 5) is 24.4. The predicted molar refractivity (Wildman–Crippen MR) is 95.4 cm³/mol. The number of benzene rings is 1. The third-order valence-electron chi connectivity index (χ3n) is 3.47. The Morgan fingerprint density at radius 1 is 1.16 bits per heavy atom. The molecule has 2 rings (SSSR count). The highest BCUT2D eigenvalue weighted by molar-refractivity contribution is 5.94. The van der Waals surface area contributed by atoms with E-state index in [1.54, 1.807) is 18.2 Å². The first kappa shape index (κ1) is 18.5.